The zero-order valence-electron chi connectivity index (χ0n) is 11.4. The van der Waals surface area contributed by atoms with Crippen LogP contribution in [-0.2, 0) is 4.79 Å². The molecule has 0 saturated heterocycles. The van der Waals surface area contributed by atoms with Crippen molar-refractivity contribution >= 4 is 17.3 Å². The van der Waals surface area contributed by atoms with E-state index in [-0.39, 0.29) is 6.42 Å². The lowest BCUT2D eigenvalue weighted by molar-refractivity contribution is -0.137. The van der Waals surface area contributed by atoms with Crippen LogP contribution >= 0.6 is 0 Å². The van der Waals surface area contributed by atoms with Crippen molar-refractivity contribution in [3.05, 3.63) is 60.7 Å². The highest BCUT2D eigenvalue weighted by Crippen LogP contribution is 2.25. The van der Waals surface area contributed by atoms with Crippen molar-refractivity contribution in [3.8, 4) is 0 Å². The number of rotatable bonds is 7. The summed E-state index contributed by atoms with van der Waals surface area (Å²) in [7, 11) is 0. The first kappa shape index (κ1) is 14.1. The van der Waals surface area contributed by atoms with Crippen molar-refractivity contribution < 1.29 is 9.90 Å². The van der Waals surface area contributed by atoms with Gasteiger partial charge in [-0.1, -0.05) is 36.4 Å². The highest BCUT2D eigenvalue weighted by Gasteiger charge is 2.08. The van der Waals surface area contributed by atoms with Crippen molar-refractivity contribution in [2.75, 3.05) is 11.4 Å². The van der Waals surface area contributed by atoms with Crippen LogP contribution in [-0.4, -0.2) is 17.6 Å². The summed E-state index contributed by atoms with van der Waals surface area (Å²) < 4.78 is 0. The second-order valence-electron chi connectivity index (χ2n) is 4.67. The van der Waals surface area contributed by atoms with Gasteiger partial charge in [-0.15, -0.1) is 0 Å². The first-order valence-corrected chi connectivity index (χ1v) is 6.87. The van der Waals surface area contributed by atoms with E-state index in [1.807, 2.05) is 36.4 Å². The Labute approximate surface area is 119 Å². The Morgan fingerprint density at radius 3 is 1.80 bits per heavy atom. The van der Waals surface area contributed by atoms with Crippen LogP contribution in [0.5, 0.6) is 0 Å². The summed E-state index contributed by atoms with van der Waals surface area (Å²) in [6, 6.07) is 20.4. The molecular weight excluding hydrogens is 250 g/mol. The Morgan fingerprint density at radius 2 is 1.35 bits per heavy atom. The number of anilines is 2. The van der Waals surface area contributed by atoms with Gasteiger partial charge in [-0.05, 0) is 37.1 Å². The molecule has 0 radical (unpaired) electrons. The predicted molar refractivity (Wildman–Crippen MR) is 81.4 cm³/mol. The van der Waals surface area contributed by atoms with Gasteiger partial charge >= 0.3 is 5.97 Å². The molecule has 0 amide bonds. The maximum absolute atomic E-state index is 10.6. The lowest BCUT2D eigenvalue weighted by atomic mass is 10.2. The van der Waals surface area contributed by atoms with Crippen LogP contribution in [0.3, 0.4) is 0 Å². The Balaban J connectivity index is 2.07. The summed E-state index contributed by atoms with van der Waals surface area (Å²) in [4.78, 5) is 12.8. The summed E-state index contributed by atoms with van der Waals surface area (Å²) in [5.41, 5.74) is 2.27. The first-order valence-electron chi connectivity index (χ1n) is 6.87. The van der Waals surface area contributed by atoms with E-state index in [4.69, 9.17) is 5.11 Å². The molecule has 0 atom stereocenters. The molecule has 0 bridgehead atoms. The van der Waals surface area contributed by atoms with Crippen LogP contribution in [0.15, 0.2) is 60.7 Å². The van der Waals surface area contributed by atoms with E-state index < -0.39 is 5.97 Å². The molecule has 3 nitrogen and oxygen atoms in total. The maximum Gasteiger partial charge on any atom is 0.303 e. The maximum atomic E-state index is 10.6. The molecule has 0 spiro atoms. The Hall–Kier alpha value is -2.29. The van der Waals surface area contributed by atoms with Crippen LogP contribution in [0.2, 0.25) is 0 Å². The minimum atomic E-state index is -0.726. The molecule has 3 heteroatoms. The second kappa shape index (κ2) is 7.34. The molecule has 0 aliphatic rings. The number of para-hydroxylation sites is 2. The quantitative estimate of drug-likeness (QED) is 0.770. The van der Waals surface area contributed by atoms with Crippen LogP contribution in [0, 0.1) is 0 Å². The average Bonchev–Trinajstić information content (AvgIpc) is 2.49. The van der Waals surface area contributed by atoms with E-state index >= 15 is 0 Å². The largest absolute Gasteiger partial charge is 0.481 e. The number of unbranched alkanes of at least 4 members (excludes halogenated alkanes) is 1. The smallest absolute Gasteiger partial charge is 0.303 e. The minimum Gasteiger partial charge on any atom is -0.481 e. The van der Waals surface area contributed by atoms with Gasteiger partial charge in [-0.25, -0.2) is 0 Å². The number of carboxylic acid groups (broad SMARTS) is 1. The normalized spacial score (nSPS) is 10.2. The highest BCUT2D eigenvalue weighted by molar-refractivity contribution is 5.66. The summed E-state index contributed by atoms with van der Waals surface area (Å²) in [5.74, 6) is -0.726. The third-order valence-corrected chi connectivity index (χ3v) is 3.16. The van der Waals surface area contributed by atoms with Gasteiger partial charge in [0.1, 0.15) is 0 Å². The van der Waals surface area contributed by atoms with Gasteiger partial charge in [-0.3, -0.25) is 4.79 Å². The van der Waals surface area contributed by atoms with Gasteiger partial charge in [0.25, 0.3) is 0 Å². The second-order valence-corrected chi connectivity index (χ2v) is 4.67. The van der Waals surface area contributed by atoms with Crippen molar-refractivity contribution in [3.63, 3.8) is 0 Å². The molecule has 0 aliphatic carbocycles. The van der Waals surface area contributed by atoms with E-state index in [9.17, 15) is 4.79 Å². The molecule has 0 unspecified atom stereocenters. The van der Waals surface area contributed by atoms with Gasteiger partial charge < -0.3 is 10.0 Å². The molecule has 0 fully saturated rings. The zero-order chi connectivity index (χ0) is 14.2. The molecule has 0 aromatic heterocycles. The van der Waals surface area contributed by atoms with Crippen LogP contribution in [0.1, 0.15) is 19.3 Å². The van der Waals surface area contributed by atoms with Crippen LogP contribution in [0.25, 0.3) is 0 Å². The molecule has 20 heavy (non-hydrogen) atoms. The summed E-state index contributed by atoms with van der Waals surface area (Å²) in [6.45, 7) is 0.821. The fourth-order valence-corrected chi connectivity index (χ4v) is 2.17. The average molecular weight is 269 g/mol. The topological polar surface area (TPSA) is 40.5 Å². The number of aliphatic carboxylic acids is 1. The number of benzene rings is 2. The summed E-state index contributed by atoms with van der Waals surface area (Å²) >= 11 is 0. The number of hydrogen-bond donors (Lipinski definition) is 1. The zero-order valence-corrected chi connectivity index (χ0v) is 11.4. The number of carboxylic acids is 1. The van der Waals surface area contributed by atoms with E-state index in [1.165, 1.54) is 0 Å². The molecule has 1 N–H and O–H groups in total. The lowest BCUT2D eigenvalue weighted by Gasteiger charge is -2.25. The predicted octanol–water partition coefficient (Wildman–Crippen LogP) is 4.08. The van der Waals surface area contributed by atoms with E-state index in [1.54, 1.807) is 0 Å². The molecule has 104 valence electrons. The monoisotopic (exact) mass is 269 g/mol. The third kappa shape index (κ3) is 4.12. The molecule has 0 saturated carbocycles. The number of nitrogens with zero attached hydrogens (tertiary/aromatic N) is 1. The number of hydrogen-bond acceptors (Lipinski definition) is 2. The van der Waals surface area contributed by atoms with Crippen molar-refractivity contribution in [1.29, 1.82) is 0 Å². The van der Waals surface area contributed by atoms with E-state index in [0.29, 0.717) is 6.42 Å². The van der Waals surface area contributed by atoms with Gasteiger partial charge in [0.2, 0.25) is 0 Å². The van der Waals surface area contributed by atoms with E-state index in [0.717, 1.165) is 24.3 Å². The van der Waals surface area contributed by atoms with Crippen LogP contribution in [0.4, 0.5) is 11.4 Å². The molecular formula is C17H19NO2. The van der Waals surface area contributed by atoms with Gasteiger partial charge in [-0.2, -0.15) is 0 Å². The Kier molecular flexibility index (Phi) is 5.18. The summed E-state index contributed by atoms with van der Waals surface area (Å²) in [5, 5.41) is 8.70. The van der Waals surface area contributed by atoms with Gasteiger partial charge in [0.15, 0.2) is 0 Å². The summed E-state index contributed by atoms with van der Waals surface area (Å²) in [6.07, 6.45) is 1.79. The first-order chi connectivity index (χ1) is 9.77. The third-order valence-electron chi connectivity index (χ3n) is 3.16. The minimum absolute atomic E-state index is 0.234. The fraction of sp³-hybridized carbons (Fsp3) is 0.235. The van der Waals surface area contributed by atoms with Crippen molar-refractivity contribution in [2.24, 2.45) is 0 Å². The number of carbonyl (C=O) groups is 1. The Morgan fingerprint density at radius 1 is 0.850 bits per heavy atom. The molecule has 2 aromatic rings. The molecule has 2 rings (SSSR count). The van der Waals surface area contributed by atoms with Crippen molar-refractivity contribution in [1.82, 2.24) is 0 Å². The highest BCUT2D eigenvalue weighted by atomic mass is 16.4. The Bertz CT molecular complexity index is 486. The molecule has 0 aliphatic heterocycles. The molecule has 0 heterocycles. The SMILES string of the molecule is O=C(O)CCCCN(c1ccccc1)c1ccccc1. The van der Waals surface area contributed by atoms with E-state index in [2.05, 4.69) is 29.2 Å². The molecule has 2 aromatic carbocycles. The standard InChI is InChI=1S/C17H19NO2/c19-17(20)13-7-8-14-18(15-9-3-1-4-10-15)16-11-5-2-6-12-16/h1-6,9-12H,7-8,13-14H2,(H,19,20). The lowest BCUT2D eigenvalue weighted by Crippen LogP contribution is -2.18. The van der Waals surface area contributed by atoms with Crippen molar-refractivity contribution in [2.45, 2.75) is 19.3 Å². The van der Waals surface area contributed by atoms with Crippen LogP contribution < -0.4 is 4.90 Å². The van der Waals surface area contributed by atoms with Gasteiger partial charge in [0, 0.05) is 24.3 Å². The van der Waals surface area contributed by atoms with Gasteiger partial charge in [0.05, 0.1) is 0 Å². The fourth-order valence-electron chi connectivity index (χ4n) is 2.17.